The first-order chi connectivity index (χ1) is 14.1. The van der Waals surface area contributed by atoms with Crippen LogP contribution in [0.2, 0.25) is 0 Å². The molecule has 148 valence electrons. The molecule has 2 aromatic carbocycles. The molecule has 1 aliphatic heterocycles. The molecule has 6 nitrogen and oxygen atoms in total. The van der Waals surface area contributed by atoms with E-state index in [1.54, 1.807) is 6.07 Å². The Balaban J connectivity index is 1.40. The van der Waals surface area contributed by atoms with Gasteiger partial charge in [0.05, 0.1) is 5.52 Å². The number of piperidine rings is 1. The van der Waals surface area contributed by atoms with Crippen molar-refractivity contribution in [2.24, 2.45) is 11.7 Å². The van der Waals surface area contributed by atoms with Crippen molar-refractivity contribution in [3.8, 4) is 0 Å². The highest BCUT2D eigenvalue weighted by molar-refractivity contribution is 6.04. The number of rotatable bonds is 5. The summed E-state index contributed by atoms with van der Waals surface area (Å²) in [4.78, 5) is 30.7. The number of nitrogens with one attached hydrogen (secondary N) is 1. The predicted octanol–water partition coefficient (Wildman–Crippen LogP) is 3.18. The first kappa shape index (κ1) is 19.1. The number of benzene rings is 2. The molecule has 0 atom stereocenters. The van der Waals surface area contributed by atoms with Crippen LogP contribution < -0.4 is 11.1 Å². The average molecular weight is 388 g/mol. The van der Waals surface area contributed by atoms with Gasteiger partial charge in [0.1, 0.15) is 5.69 Å². The van der Waals surface area contributed by atoms with Gasteiger partial charge in [0.2, 0.25) is 5.91 Å². The van der Waals surface area contributed by atoms with E-state index in [0.717, 1.165) is 54.6 Å². The Morgan fingerprint density at radius 2 is 1.83 bits per heavy atom. The first-order valence-electron chi connectivity index (χ1n) is 9.86. The number of primary amides is 1. The number of fused-ring (bicyclic) bond motifs is 1. The molecule has 0 radical (unpaired) electrons. The van der Waals surface area contributed by atoms with E-state index in [-0.39, 0.29) is 17.7 Å². The zero-order valence-corrected chi connectivity index (χ0v) is 16.2. The van der Waals surface area contributed by atoms with Gasteiger partial charge in [-0.3, -0.25) is 14.5 Å². The fourth-order valence-electron chi connectivity index (χ4n) is 3.77. The van der Waals surface area contributed by atoms with E-state index in [2.05, 4.69) is 15.2 Å². The Bertz CT molecular complexity index is 1040. The summed E-state index contributed by atoms with van der Waals surface area (Å²) in [7, 11) is 0. The van der Waals surface area contributed by atoms with Crippen molar-refractivity contribution in [1.82, 2.24) is 9.88 Å². The van der Waals surface area contributed by atoms with Crippen LogP contribution in [0.5, 0.6) is 0 Å². The number of hydrogen-bond donors (Lipinski definition) is 2. The number of amides is 2. The lowest BCUT2D eigenvalue weighted by Crippen LogP contribution is -2.38. The van der Waals surface area contributed by atoms with Gasteiger partial charge in [-0.2, -0.15) is 0 Å². The lowest BCUT2D eigenvalue weighted by molar-refractivity contribution is -0.123. The van der Waals surface area contributed by atoms with Crippen LogP contribution in [0.15, 0.2) is 60.7 Å². The maximum absolute atomic E-state index is 12.6. The van der Waals surface area contributed by atoms with Crippen LogP contribution in [-0.2, 0) is 11.3 Å². The van der Waals surface area contributed by atoms with Crippen LogP contribution in [0.25, 0.3) is 10.9 Å². The minimum absolute atomic E-state index is 0.00803. The van der Waals surface area contributed by atoms with Gasteiger partial charge in [-0.05, 0) is 55.8 Å². The zero-order valence-electron chi connectivity index (χ0n) is 16.2. The van der Waals surface area contributed by atoms with Crippen molar-refractivity contribution >= 4 is 28.4 Å². The number of aromatic nitrogens is 1. The third kappa shape index (κ3) is 4.60. The van der Waals surface area contributed by atoms with Gasteiger partial charge in [0, 0.05) is 23.5 Å². The van der Waals surface area contributed by atoms with E-state index in [1.165, 1.54) is 0 Å². The summed E-state index contributed by atoms with van der Waals surface area (Å²) < 4.78 is 0. The van der Waals surface area contributed by atoms with Crippen molar-refractivity contribution in [3.05, 3.63) is 71.9 Å². The molecular weight excluding hydrogens is 364 g/mol. The molecule has 1 saturated heterocycles. The number of hydrogen-bond acceptors (Lipinski definition) is 4. The first-order valence-corrected chi connectivity index (χ1v) is 9.86. The number of anilines is 1. The van der Waals surface area contributed by atoms with Gasteiger partial charge in [-0.15, -0.1) is 0 Å². The van der Waals surface area contributed by atoms with Gasteiger partial charge >= 0.3 is 0 Å². The van der Waals surface area contributed by atoms with E-state index in [9.17, 15) is 9.59 Å². The molecule has 1 aliphatic rings. The summed E-state index contributed by atoms with van der Waals surface area (Å²) in [6, 6.07) is 19.2. The SMILES string of the molecule is NC(=O)C1CCN(Cc2cccc(NC(=O)c3ccc4ccccc4n3)c2)CC1. The van der Waals surface area contributed by atoms with Crippen LogP contribution >= 0.6 is 0 Å². The van der Waals surface area contributed by atoms with E-state index in [1.807, 2.05) is 54.6 Å². The molecular formula is C23H24N4O2. The number of para-hydroxylation sites is 1. The maximum Gasteiger partial charge on any atom is 0.274 e. The number of nitrogens with zero attached hydrogens (tertiary/aromatic N) is 2. The maximum atomic E-state index is 12.6. The Kier molecular flexibility index (Phi) is 5.53. The molecule has 6 heteroatoms. The minimum atomic E-state index is -0.227. The highest BCUT2D eigenvalue weighted by atomic mass is 16.2. The van der Waals surface area contributed by atoms with Gasteiger partial charge < -0.3 is 11.1 Å². The quantitative estimate of drug-likeness (QED) is 0.703. The summed E-state index contributed by atoms with van der Waals surface area (Å²) in [6.45, 7) is 2.49. The van der Waals surface area contributed by atoms with Gasteiger partial charge in [0.25, 0.3) is 5.91 Å². The number of carbonyl (C=O) groups excluding carboxylic acids is 2. The fraction of sp³-hybridized carbons (Fsp3) is 0.261. The summed E-state index contributed by atoms with van der Waals surface area (Å²) in [6.07, 6.45) is 1.61. The molecule has 0 aliphatic carbocycles. The summed E-state index contributed by atoms with van der Waals surface area (Å²) in [5.74, 6) is -0.432. The van der Waals surface area contributed by atoms with Crippen LogP contribution in [0.3, 0.4) is 0 Å². The van der Waals surface area contributed by atoms with E-state index >= 15 is 0 Å². The molecule has 3 aromatic rings. The predicted molar refractivity (Wildman–Crippen MR) is 113 cm³/mol. The largest absolute Gasteiger partial charge is 0.369 e. The third-order valence-electron chi connectivity index (χ3n) is 5.41. The highest BCUT2D eigenvalue weighted by Gasteiger charge is 2.23. The smallest absolute Gasteiger partial charge is 0.274 e. The van der Waals surface area contributed by atoms with Crippen LogP contribution in [0, 0.1) is 5.92 Å². The van der Waals surface area contributed by atoms with Crippen molar-refractivity contribution in [2.75, 3.05) is 18.4 Å². The van der Waals surface area contributed by atoms with Crippen molar-refractivity contribution in [2.45, 2.75) is 19.4 Å². The Morgan fingerprint density at radius 3 is 2.62 bits per heavy atom. The Hall–Kier alpha value is -3.25. The second-order valence-electron chi connectivity index (χ2n) is 7.50. The van der Waals surface area contributed by atoms with Crippen molar-refractivity contribution in [3.63, 3.8) is 0 Å². The number of nitrogens with two attached hydrogens (primary N) is 1. The molecule has 2 amide bonds. The van der Waals surface area contributed by atoms with Gasteiger partial charge in [0.15, 0.2) is 0 Å². The van der Waals surface area contributed by atoms with E-state index < -0.39 is 0 Å². The molecule has 0 bridgehead atoms. The molecule has 0 saturated carbocycles. The topological polar surface area (TPSA) is 88.3 Å². The summed E-state index contributed by atoms with van der Waals surface area (Å²) in [5.41, 5.74) is 8.46. The number of likely N-dealkylation sites (tertiary alicyclic amines) is 1. The molecule has 4 rings (SSSR count). The second kappa shape index (κ2) is 8.41. The van der Waals surface area contributed by atoms with E-state index in [4.69, 9.17) is 5.73 Å². The minimum Gasteiger partial charge on any atom is -0.369 e. The zero-order chi connectivity index (χ0) is 20.2. The molecule has 1 fully saturated rings. The lowest BCUT2D eigenvalue weighted by Gasteiger charge is -2.30. The number of pyridine rings is 1. The summed E-state index contributed by atoms with van der Waals surface area (Å²) in [5, 5.41) is 3.95. The number of carbonyl (C=O) groups is 2. The molecule has 0 spiro atoms. The highest BCUT2D eigenvalue weighted by Crippen LogP contribution is 2.20. The molecule has 29 heavy (non-hydrogen) atoms. The monoisotopic (exact) mass is 388 g/mol. The standard InChI is InChI=1S/C23H24N4O2/c24-22(28)18-10-12-27(13-11-18)15-16-4-3-6-19(14-16)25-23(29)21-9-8-17-5-1-2-7-20(17)26-21/h1-9,14,18H,10-13,15H2,(H2,24,28)(H,25,29). The van der Waals surface area contributed by atoms with Crippen LogP contribution in [-0.4, -0.2) is 34.8 Å². The Morgan fingerprint density at radius 1 is 1.03 bits per heavy atom. The van der Waals surface area contributed by atoms with Crippen LogP contribution in [0.4, 0.5) is 5.69 Å². The van der Waals surface area contributed by atoms with E-state index in [0.29, 0.717) is 5.69 Å². The molecule has 1 aromatic heterocycles. The fourth-order valence-corrected chi connectivity index (χ4v) is 3.77. The van der Waals surface area contributed by atoms with Gasteiger partial charge in [-0.1, -0.05) is 36.4 Å². The molecule has 0 unspecified atom stereocenters. The molecule has 2 heterocycles. The van der Waals surface area contributed by atoms with Crippen molar-refractivity contribution in [1.29, 1.82) is 0 Å². The second-order valence-corrected chi connectivity index (χ2v) is 7.50. The van der Waals surface area contributed by atoms with Crippen molar-refractivity contribution < 1.29 is 9.59 Å². The Labute approximate surface area is 169 Å². The molecule has 3 N–H and O–H groups in total. The van der Waals surface area contributed by atoms with Gasteiger partial charge in [-0.25, -0.2) is 4.98 Å². The normalized spacial score (nSPS) is 15.3. The summed E-state index contributed by atoms with van der Waals surface area (Å²) >= 11 is 0. The van der Waals surface area contributed by atoms with Crippen LogP contribution in [0.1, 0.15) is 28.9 Å². The average Bonchev–Trinajstić information content (AvgIpc) is 2.74. The lowest BCUT2D eigenvalue weighted by atomic mass is 9.96. The third-order valence-corrected chi connectivity index (χ3v) is 5.41.